The van der Waals surface area contributed by atoms with Gasteiger partial charge in [-0.05, 0) is 24.1 Å². The van der Waals surface area contributed by atoms with Gasteiger partial charge in [0.1, 0.15) is 5.78 Å². The van der Waals surface area contributed by atoms with Crippen LogP contribution in [0.2, 0.25) is 0 Å². The lowest BCUT2D eigenvalue weighted by atomic mass is 10.0. The van der Waals surface area contributed by atoms with Gasteiger partial charge < -0.3 is 9.47 Å². The summed E-state index contributed by atoms with van der Waals surface area (Å²) in [6.45, 7) is 5.28. The van der Waals surface area contributed by atoms with Gasteiger partial charge in [-0.25, -0.2) is 0 Å². The number of carbonyl (C=O) groups excluding carboxylic acids is 1. The van der Waals surface area contributed by atoms with Crippen molar-refractivity contribution in [3.63, 3.8) is 0 Å². The normalized spacial score (nSPS) is 14.4. The standard InChI is InChI=1S/C15H20O3/c1-11(2)13(16)6-4-12-5-7-14-15(10-12)18-9-3-8-17-14/h5,7,10-11H,3-4,6,8-9H2,1-2H3. The van der Waals surface area contributed by atoms with Gasteiger partial charge in [0.25, 0.3) is 0 Å². The van der Waals surface area contributed by atoms with Crippen molar-refractivity contribution in [3.8, 4) is 11.5 Å². The minimum Gasteiger partial charge on any atom is -0.490 e. The third-order valence-corrected chi connectivity index (χ3v) is 3.12. The number of hydrogen-bond donors (Lipinski definition) is 0. The molecule has 0 saturated carbocycles. The molecule has 0 aliphatic carbocycles. The van der Waals surface area contributed by atoms with Gasteiger partial charge in [0.2, 0.25) is 0 Å². The van der Waals surface area contributed by atoms with E-state index < -0.39 is 0 Å². The number of rotatable bonds is 4. The van der Waals surface area contributed by atoms with Crippen LogP contribution in [-0.2, 0) is 11.2 Å². The molecule has 0 unspecified atom stereocenters. The molecular weight excluding hydrogens is 228 g/mol. The molecule has 0 atom stereocenters. The number of benzene rings is 1. The van der Waals surface area contributed by atoms with Gasteiger partial charge >= 0.3 is 0 Å². The lowest BCUT2D eigenvalue weighted by Crippen LogP contribution is -2.07. The summed E-state index contributed by atoms with van der Waals surface area (Å²) < 4.78 is 11.2. The number of Topliss-reactive ketones (excluding diaryl/α,β-unsaturated/α-hetero) is 1. The second-order valence-corrected chi connectivity index (χ2v) is 4.95. The SMILES string of the molecule is CC(C)C(=O)CCc1ccc2c(c1)OCCCO2. The molecule has 0 amide bonds. The van der Waals surface area contributed by atoms with Gasteiger partial charge in [0.05, 0.1) is 13.2 Å². The molecule has 18 heavy (non-hydrogen) atoms. The predicted octanol–water partition coefficient (Wildman–Crippen LogP) is 3.01. The molecule has 1 heterocycles. The molecule has 98 valence electrons. The Kier molecular flexibility index (Phi) is 4.24. The molecular formula is C15H20O3. The topological polar surface area (TPSA) is 35.5 Å². The molecule has 1 aliphatic rings. The van der Waals surface area contributed by atoms with E-state index in [4.69, 9.17) is 9.47 Å². The lowest BCUT2D eigenvalue weighted by Gasteiger charge is -2.09. The molecule has 1 aromatic carbocycles. The first-order valence-corrected chi connectivity index (χ1v) is 6.58. The smallest absolute Gasteiger partial charge is 0.161 e. The van der Waals surface area contributed by atoms with E-state index >= 15 is 0 Å². The van der Waals surface area contributed by atoms with E-state index in [-0.39, 0.29) is 5.92 Å². The van der Waals surface area contributed by atoms with Crippen LogP contribution in [0.1, 0.15) is 32.3 Å². The first-order chi connectivity index (χ1) is 8.66. The molecule has 2 rings (SSSR count). The number of fused-ring (bicyclic) bond motifs is 1. The molecule has 0 aromatic heterocycles. The average Bonchev–Trinajstić information content (AvgIpc) is 2.60. The zero-order chi connectivity index (χ0) is 13.0. The molecule has 1 aromatic rings. The number of ketones is 1. The number of aryl methyl sites for hydroxylation is 1. The van der Waals surface area contributed by atoms with E-state index in [0.29, 0.717) is 25.4 Å². The summed E-state index contributed by atoms with van der Waals surface area (Å²) >= 11 is 0. The van der Waals surface area contributed by atoms with Crippen LogP contribution in [0.25, 0.3) is 0 Å². The van der Waals surface area contributed by atoms with E-state index in [0.717, 1.165) is 29.9 Å². The molecule has 1 aliphatic heterocycles. The largest absolute Gasteiger partial charge is 0.490 e. The zero-order valence-corrected chi connectivity index (χ0v) is 11.1. The van der Waals surface area contributed by atoms with Crippen molar-refractivity contribution in [2.45, 2.75) is 33.1 Å². The number of hydrogen-bond acceptors (Lipinski definition) is 3. The van der Waals surface area contributed by atoms with Crippen LogP contribution in [-0.4, -0.2) is 19.0 Å². The van der Waals surface area contributed by atoms with Gasteiger partial charge in [-0.15, -0.1) is 0 Å². The molecule has 3 nitrogen and oxygen atoms in total. The summed E-state index contributed by atoms with van der Waals surface area (Å²) in [5.74, 6) is 2.04. The summed E-state index contributed by atoms with van der Waals surface area (Å²) in [6.07, 6.45) is 2.28. The predicted molar refractivity (Wildman–Crippen MR) is 70.2 cm³/mol. The van der Waals surface area contributed by atoms with Crippen LogP contribution in [0, 0.1) is 5.92 Å². The van der Waals surface area contributed by atoms with E-state index in [1.165, 1.54) is 0 Å². The average molecular weight is 248 g/mol. The van der Waals surface area contributed by atoms with Gasteiger partial charge in [0, 0.05) is 18.8 Å². The zero-order valence-electron chi connectivity index (χ0n) is 11.1. The molecule has 0 spiro atoms. The second-order valence-electron chi connectivity index (χ2n) is 4.95. The van der Waals surface area contributed by atoms with Crippen molar-refractivity contribution in [3.05, 3.63) is 23.8 Å². The van der Waals surface area contributed by atoms with E-state index in [2.05, 4.69) is 0 Å². The summed E-state index contributed by atoms with van der Waals surface area (Å²) in [5.41, 5.74) is 1.13. The Labute approximate surface area is 108 Å². The Morgan fingerprint density at radius 2 is 1.94 bits per heavy atom. The highest BCUT2D eigenvalue weighted by Crippen LogP contribution is 2.30. The van der Waals surface area contributed by atoms with Crippen LogP contribution in [0.5, 0.6) is 11.5 Å². The van der Waals surface area contributed by atoms with Crippen LogP contribution in [0.15, 0.2) is 18.2 Å². The summed E-state index contributed by atoms with van der Waals surface area (Å²) in [4.78, 5) is 11.6. The highest BCUT2D eigenvalue weighted by Gasteiger charge is 2.12. The highest BCUT2D eigenvalue weighted by atomic mass is 16.5. The van der Waals surface area contributed by atoms with Gasteiger partial charge in [-0.1, -0.05) is 19.9 Å². The Bertz CT molecular complexity index is 424. The van der Waals surface area contributed by atoms with Crippen molar-refractivity contribution in [2.24, 2.45) is 5.92 Å². The van der Waals surface area contributed by atoms with Crippen LogP contribution >= 0.6 is 0 Å². The molecule has 0 N–H and O–H groups in total. The lowest BCUT2D eigenvalue weighted by molar-refractivity contribution is -0.121. The maximum Gasteiger partial charge on any atom is 0.161 e. The minimum atomic E-state index is 0.116. The molecule has 0 fully saturated rings. The number of ether oxygens (including phenoxy) is 2. The maximum atomic E-state index is 11.6. The first kappa shape index (κ1) is 12.9. The summed E-state index contributed by atoms with van der Waals surface area (Å²) in [7, 11) is 0. The fourth-order valence-electron chi connectivity index (χ4n) is 1.92. The third kappa shape index (κ3) is 3.25. The minimum absolute atomic E-state index is 0.116. The van der Waals surface area contributed by atoms with Crippen LogP contribution in [0.4, 0.5) is 0 Å². The van der Waals surface area contributed by atoms with Crippen molar-refractivity contribution >= 4 is 5.78 Å². The summed E-state index contributed by atoms with van der Waals surface area (Å²) in [5, 5.41) is 0. The molecule has 0 bridgehead atoms. The maximum absolute atomic E-state index is 11.6. The van der Waals surface area contributed by atoms with Gasteiger partial charge in [-0.3, -0.25) is 4.79 Å². The van der Waals surface area contributed by atoms with E-state index in [1.807, 2.05) is 32.0 Å². The summed E-state index contributed by atoms with van der Waals surface area (Å²) in [6, 6.07) is 5.95. The quantitative estimate of drug-likeness (QED) is 0.821. The van der Waals surface area contributed by atoms with Crippen molar-refractivity contribution in [2.75, 3.05) is 13.2 Å². The van der Waals surface area contributed by atoms with Crippen molar-refractivity contribution < 1.29 is 14.3 Å². The Morgan fingerprint density at radius 1 is 1.22 bits per heavy atom. The third-order valence-electron chi connectivity index (χ3n) is 3.12. The monoisotopic (exact) mass is 248 g/mol. The van der Waals surface area contributed by atoms with Crippen molar-refractivity contribution in [1.29, 1.82) is 0 Å². The van der Waals surface area contributed by atoms with Crippen LogP contribution < -0.4 is 9.47 Å². The second kappa shape index (κ2) is 5.89. The Morgan fingerprint density at radius 3 is 2.67 bits per heavy atom. The molecule has 0 radical (unpaired) electrons. The first-order valence-electron chi connectivity index (χ1n) is 6.58. The molecule has 3 heteroatoms. The van der Waals surface area contributed by atoms with E-state index in [9.17, 15) is 4.79 Å². The fraction of sp³-hybridized carbons (Fsp3) is 0.533. The molecule has 0 saturated heterocycles. The Balaban J connectivity index is 2.02. The van der Waals surface area contributed by atoms with Gasteiger partial charge in [0.15, 0.2) is 11.5 Å². The van der Waals surface area contributed by atoms with Crippen molar-refractivity contribution in [1.82, 2.24) is 0 Å². The highest BCUT2D eigenvalue weighted by molar-refractivity contribution is 5.80. The van der Waals surface area contributed by atoms with E-state index in [1.54, 1.807) is 0 Å². The Hall–Kier alpha value is -1.51. The van der Waals surface area contributed by atoms with Gasteiger partial charge in [-0.2, -0.15) is 0 Å². The number of carbonyl (C=O) groups is 1. The van der Waals surface area contributed by atoms with Crippen LogP contribution in [0.3, 0.4) is 0 Å². The fourth-order valence-corrected chi connectivity index (χ4v) is 1.92.